The molecule has 0 unspecified atom stereocenters. The first-order valence-electron chi connectivity index (χ1n) is 15.0. The van der Waals surface area contributed by atoms with E-state index in [4.69, 9.17) is 15.5 Å². The van der Waals surface area contributed by atoms with Gasteiger partial charge in [-0.2, -0.15) is 13.2 Å². The maximum absolute atomic E-state index is 13.1. The highest BCUT2D eigenvalue weighted by Gasteiger charge is 2.42. The number of carboxylic acid groups (broad SMARTS) is 1. The third kappa shape index (κ3) is 6.01. The molecule has 6 rings (SSSR count). The van der Waals surface area contributed by atoms with Crippen LogP contribution < -0.4 is 11.1 Å². The highest BCUT2D eigenvalue weighted by atomic mass is 19.4. The second-order valence-corrected chi connectivity index (χ2v) is 12.3. The molecule has 3 aromatic heterocycles. The van der Waals surface area contributed by atoms with Crippen molar-refractivity contribution in [1.29, 1.82) is 0 Å². The summed E-state index contributed by atoms with van der Waals surface area (Å²) in [6, 6.07) is 8.45. The third-order valence-corrected chi connectivity index (χ3v) is 9.17. The third-order valence-electron chi connectivity index (χ3n) is 9.17. The number of carboxylic acids is 1. The molecule has 0 radical (unpaired) electrons. The van der Waals surface area contributed by atoms with Crippen LogP contribution in [0.1, 0.15) is 67.4 Å². The fourth-order valence-corrected chi connectivity index (χ4v) is 6.38. The van der Waals surface area contributed by atoms with Crippen molar-refractivity contribution in [2.75, 3.05) is 24.2 Å². The van der Waals surface area contributed by atoms with E-state index < -0.39 is 35.1 Å². The van der Waals surface area contributed by atoms with Crippen molar-refractivity contribution >= 4 is 29.0 Å². The molecule has 4 N–H and O–H groups in total. The summed E-state index contributed by atoms with van der Waals surface area (Å²) in [6.07, 6.45) is 2.19. The zero-order valence-electron chi connectivity index (χ0n) is 25.3. The molecule has 4 heterocycles. The average Bonchev–Trinajstić information content (AvgIpc) is 3.42. The quantitative estimate of drug-likeness (QED) is 0.251. The minimum absolute atomic E-state index is 0.151. The number of carbonyl (C=O) groups excluding carboxylic acids is 1. The smallest absolute Gasteiger partial charge is 0.416 e. The Bertz CT molecular complexity index is 1770. The Balaban J connectivity index is 1.24. The summed E-state index contributed by atoms with van der Waals surface area (Å²) in [5, 5.41) is 12.1. The maximum Gasteiger partial charge on any atom is 0.416 e. The number of nitrogens with two attached hydrogens (primary N) is 1. The van der Waals surface area contributed by atoms with E-state index in [1.807, 2.05) is 11.3 Å². The Labute approximate surface area is 262 Å². The van der Waals surface area contributed by atoms with Gasteiger partial charge in [0.15, 0.2) is 0 Å². The van der Waals surface area contributed by atoms with Gasteiger partial charge in [0.25, 0.3) is 5.91 Å². The van der Waals surface area contributed by atoms with Gasteiger partial charge in [0, 0.05) is 48.3 Å². The van der Waals surface area contributed by atoms with Crippen molar-refractivity contribution in [3.05, 3.63) is 71.9 Å². The number of aromatic nitrogens is 4. The van der Waals surface area contributed by atoms with E-state index in [0.29, 0.717) is 48.6 Å². The number of anilines is 2. The lowest BCUT2D eigenvalue weighted by molar-refractivity contribution is -0.151. The zero-order chi connectivity index (χ0) is 32.8. The molecule has 1 aliphatic heterocycles. The van der Waals surface area contributed by atoms with Gasteiger partial charge in [0.2, 0.25) is 0 Å². The summed E-state index contributed by atoms with van der Waals surface area (Å²) in [5.74, 6) is -0.684. The molecule has 4 aromatic rings. The molecule has 2 fully saturated rings. The highest BCUT2D eigenvalue weighted by molar-refractivity contribution is 6.04. The molecule has 1 aliphatic carbocycles. The Kier molecular flexibility index (Phi) is 8.19. The monoisotopic (exact) mass is 637 g/mol. The number of carbonyl (C=O) groups is 2. The highest BCUT2D eigenvalue weighted by Crippen LogP contribution is 2.40. The van der Waals surface area contributed by atoms with E-state index in [0.717, 1.165) is 31.2 Å². The van der Waals surface area contributed by atoms with Gasteiger partial charge in [-0.15, -0.1) is 0 Å². The van der Waals surface area contributed by atoms with Crippen LogP contribution in [0.4, 0.5) is 24.8 Å². The van der Waals surface area contributed by atoms with E-state index in [1.165, 1.54) is 0 Å². The van der Waals surface area contributed by atoms with Gasteiger partial charge in [-0.1, -0.05) is 12.1 Å². The van der Waals surface area contributed by atoms with Crippen LogP contribution in [0.2, 0.25) is 0 Å². The molecule has 14 heteroatoms. The van der Waals surface area contributed by atoms with Crippen molar-refractivity contribution < 1.29 is 32.6 Å². The van der Waals surface area contributed by atoms with E-state index in [1.54, 1.807) is 36.7 Å². The van der Waals surface area contributed by atoms with Crippen LogP contribution in [0.25, 0.3) is 16.8 Å². The zero-order valence-corrected chi connectivity index (χ0v) is 25.3. The number of aliphatic carboxylic acids is 1. The van der Waals surface area contributed by atoms with Crippen LogP contribution in [0.5, 0.6) is 0 Å². The largest absolute Gasteiger partial charge is 0.481 e. The number of imidazole rings is 1. The predicted molar refractivity (Wildman–Crippen MR) is 163 cm³/mol. The number of nitrogens with one attached hydrogen (secondary N) is 1. The minimum atomic E-state index is -4.56. The summed E-state index contributed by atoms with van der Waals surface area (Å²) < 4.78 is 47.4. The SMILES string of the molecule is C[C@H]1CO[C@@H](c2nc(-c3ccc(C(=O)Nc4cc(C(F)(F)F)ccn4)cc3)c3c(N)nccn23)CN1[C@H]1CC[C@](C)(C(=O)O)CC1. The van der Waals surface area contributed by atoms with E-state index in [2.05, 4.69) is 27.1 Å². The predicted octanol–water partition coefficient (Wildman–Crippen LogP) is 5.44. The number of halogens is 3. The van der Waals surface area contributed by atoms with Crippen molar-refractivity contribution in [3.63, 3.8) is 0 Å². The standard InChI is InChI=1S/C32H34F3N7O4/c1-18-17-46-23(16-42(18)22-7-10-31(2,11-8-22)30(44)45)28-40-25(26-27(36)38-13-14-41(26)28)19-3-5-20(6-4-19)29(43)39-24-15-21(9-12-37-24)32(33,34)35/h3-6,9,12-15,18,22-23H,7-8,10-11,16-17H2,1-2H3,(H2,36,38)(H,44,45)(H,37,39,43)/t18-,22-,23+,31-/m0/s1. The molecule has 1 amide bonds. The number of morpholine rings is 1. The Hall–Kier alpha value is -4.56. The summed E-state index contributed by atoms with van der Waals surface area (Å²) in [4.78, 5) is 40.1. The number of rotatable bonds is 6. The van der Waals surface area contributed by atoms with Crippen LogP contribution in [-0.2, 0) is 15.7 Å². The maximum atomic E-state index is 13.1. The molecule has 46 heavy (non-hydrogen) atoms. The number of alkyl halides is 3. The summed E-state index contributed by atoms with van der Waals surface area (Å²) in [7, 11) is 0. The Morgan fingerprint density at radius 2 is 1.83 bits per heavy atom. The van der Waals surface area contributed by atoms with Crippen LogP contribution in [0.3, 0.4) is 0 Å². The minimum Gasteiger partial charge on any atom is -0.481 e. The van der Waals surface area contributed by atoms with Crippen LogP contribution >= 0.6 is 0 Å². The number of benzene rings is 1. The van der Waals surface area contributed by atoms with Gasteiger partial charge in [0.05, 0.1) is 17.6 Å². The average molecular weight is 638 g/mol. The first kappa shape index (κ1) is 31.4. The molecule has 0 bridgehead atoms. The molecule has 1 aromatic carbocycles. The number of ether oxygens (including phenoxy) is 1. The van der Waals surface area contributed by atoms with Gasteiger partial charge in [-0.3, -0.25) is 18.9 Å². The van der Waals surface area contributed by atoms with E-state index >= 15 is 0 Å². The topological polar surface area (TPSA) is 148 Å². The molecular weight excluding hydrogens is 603 g/mol. The van der Waals surface area contributed by atoms with Crippen molar-refractivity contribution in [3.8, 4) is 11.3 Å². The van der Waals surface area contributed by atoms with Gasteiger partial charge in [0.1, 0.15) is 34.8 Å². The van der Waals surface area contributed by atoms with E-state index in [-0.39, 0.29) is 29.3 Å². The fourth-order valence-electron chi connectivity index (χ4n) is 6.38. The van der Waals surface area contributed by atoms with E-state index in [9.17, 15) is 27.9 Å². The Morgan fingerprint density at radius 3 is 2.50 bits per heavy atom. The first-order chi connectivity index (χ1) is 21.8. The lowest BCUT2D eigenvalue weighted by Crippen LogP contribution is -2.52. The molecule has 242 valence electrons. The van der Waals surface area contributed by atoms with Crippen molar-refractivity contribution in [1.82, 2.24) is 24.3 Å². The van der Waals surface area contributed by atoms with Crippen LogP contribution in [0, 0.1) is 5.41 Å². The first-order valence-corrected chi connectivity index (χ1v) is 15.0. The lowest BCUT2D eigenvalue weighted by atomic mass is 9.73. The van der Waals surface area contributed by atoms with Crippen molar-refractivity contribution in [2.24, 2.45) is 5.41 Å². The summed E-state index contributed by atoms with van der Waals surface area (Å²) in [5.41, 5.74) is 6.70. The molecule has 11 nitrogen and oxygen atoms in total. The van der Waals surface area contributed by atoms with Crippen LogP contribution in [0.15, 0.2) is 55.0 Å². The number of pyridine rings is 1. The number of nitrogen functional groups attached to an aromatic ring is 1. The van der Waals surface area contributed by atoms with Crippen LogP contribution in [-0.4, -0.2) is 66.5 Å². The molecular formula is C32H34F3N7O4. The molecule has 1 saturated heterocycles. The molecule has 2 aliphatic rings. The number of amides is 1. The molecule has 0 spiro atoms. The lowest BCUT2D eigenvalue weighted by Gasteiger charge is -2.46. The molecule has 1 saturated carbocycles. The molecule has 2 atom stereocenters. The van der Waals surface area contributed by atoms with Gasteiger partial charge < -0.3 is 20.9 Å². The number of fused-ring (bicyclic) bond motifs is 1. The van der Waals surface area contributed by atoms with Gasteiger partial charge >= 0.3 is 12.1 Å². The number of hydrogen-bond donors (Lipinski definition) is 3. The summed E-state index contributed by atoms with van der Waals surface area (Å²) in [6.45, 7) is 4.98. The Morgan fingerprint density at radius 1 is 1.11 bits per heavy atom. The fraction of sp³-hybridized carbons (Fsp3) is 0.406. The normalized spacial score (nSPS) is 24.2. The van der Waals surface area contributed by atoms with Crippen molar-refractivity contribution in [2.45, 2.75) is 63.9 Å². The number of hydrogen-bond acceptors (Lipinski definition) is 8. The second kappa shape index (κ2) is 12.0. The summed E-state index contributed by atoms with van der Waals surface area (Å²) >= 11 is 0. The second-order valence-electron chi connectivity index (χ2n) is 12.3. The van der Waals surface area contributed by atoms with Gasteiger partial charge in [-0.25, -0.2) is 15.0 Å². The number of nitrogens with zero attached hydrogens (tertiary/aromatic N) is 5. The van der Waals surface area contributed by atoms with Gasteiger partial charge in [-0.05, 0) is 63.8 Å².